The molecule has 10 heteroatoms. The van der Waals surface area contributed by atoms with Gasteiger partial charge in [0.05, 0.1) is 0 Å². The molecule has 358 valence electrons. The van der Waals surface area contributed by atoms with Crippen LogP contribution in [0.2, 0.25) is 0 Å². The summed E-state index contributed by atoms with van der Waals surface area (Å²) in [6.07, 6.45) is 22.9. The fraction of sp³-hybridized carbons (Fsp3) is 0.471. The number of allylic oxidation sites excluding steroid dienone is 10. The van der Waals surface area contributed by atoms with Crippen LogP contribution in [0.5, 0.6) is 0 Å². The molecule has 0 fully saturated rings. The van der Waals surface area contributed by atoms with Gasteiger partial charge in [-0.3, -0.25) is 12.2 Å². The molecule has 8 radical (unpaired) electrons. The molecule has 0 N–H and O–H groups in total. The first-order valence-corrected chi connectivity index (χ1v) is 18.7. The van der Waals surface area contributed by atoms with Gasteiger partial charge in [0.15, 0.2) is 0 Å². The van der Waals surface area contributed by atoms with Crippen LogP contribution in [0.15, 0.2) is 60.8 Å². The average Bonchev–Trinajstić information content (AvgIpc) is 3.22. The maximum atomic E-state index is 4.97. The minimum atomic E-state index is 0. The Bertz CT molecular complexity index is 368. The number of hydrogen-bond donors (Lipinski definition) is 0. The SMILES string of the molecule is CC.CC.CC.CC.CC.CC.CC.CC.[CH-]=CCC[CH2-].[CH-]=CC[CH2-].[CH-]=CC[CH2-].[CH-]=CC[CH2-].[CH-]=C[CH2-].[CH-]=C[CH2-].[CH2-]C=CC[CH2-].[CH2-]CC=CC[CH2-].[CH3-].[W+2].[W].[Y].[Y].[Y].[Y].[Y].[Y].[Y].[Y]. The van der Waals surface area contributed by atoms with Crippen LogP contribution in [0.4, 0.5) is 0 Å². The van der Waals surface area contributed by atoms with E-state index in [1.54, 1.807) is 12.2 Å². The van der Waals surface area contributed by atoms with E-state index in [4.69, 9.17) is 26.3 Å². The van der Waals surface area contributed by atoms with Gasteiger partial charge in [-0.15, -0.1) is 12.2 Å². The molecule has 0 spiro atoms. The van der Waals surface area contributed by atoms with Crippen LogP contribution in [-0.4, -0.2) is 0 Å². The van der Waals surface area contributed by atoms with E-state index >= 15 is 0 Å². The molecule has 0 aromatic heterocycles. The van der Waals surface area contributed by atoms with Crippen LogP contribution in [0.3, 0.4) is 0 Å². The molecular formula is C51H103W2Y8-15. The van der Waals surface area contributed by atoms with Crippen LogP contribution in [0.1, 0.15) is 162 Å². The quantitative estimate of drug-likeness (QED) is 0.168. The average molecular weight is 1800 g/mol. The van der Waals surface area contributed by atoms with E-state index in [-0.39, 0.29) is 311 Å². The summed E-state index contributed by atoms with van der Waals surface area (Å²) in [6, 6.07) is 0. The largest absolute Gasteiger partial charge is 2.00 e. The Morgan fingerprint density at radius 2 is 0.459 bits per heavy atom. The molecule has 0 rings (SSSR count). The van der Waals surface area contributed by atoms with Crippen LogP contribution in [0.25, 0.3) is 0 Å². The third-order valence-corrected chi connectivity index (χ3v) is 1.70. The smallest absolute Gasteiger partial charge is 0.549 e. The number of rotatable bonds is 8. The number of hydrogen-bond acceptors (Lipinski definition) is 0. The summed E-state index contributed by atoms with van der Waals surface area (Å²) in [4.78, 5) is 0. The standard InChI is InChI=1S/C6H10.2C5H8.3C4H6.2C3H4.8C2H6.CH3.2W.8Y/c1-3-5-6-4-2;2*1-3-5-4-2;3*1-3-4-2;2*1-3-2;8*1-2;;;;;;;;;;;/h5-6H,1-4H2;3,5H,1-2,4H2;1,3H,2,4-5H2;3*1,3H,2,4H2;2*1,3H,2H2;8*1-2H3;1H3;;;;;;;;;;/q8*-2;;;;;;;;;-1;;+2;;;;;;;;. The maximum absolute atomic E-state index is 4.97. The van der Waals surface area contributed by atoms with Crippen LogP contribution >= 0.6 is 0 Å². The minimum Gasteiger partial charge on any atom is -0.549 e. The van der Waals surface area contributed by atoms with Gasteiger partial charge >= 0.3 is 21.1 Å². The van der Waals surface area contributed by atoms with E-state index in [9.17, 15) is 0 Å². The first-order chi connectivity index (χ1) is 24.3. The molecule has 0 atom stereocenters. The summed E-state index contributed by atoms with van der Waals surface area (Å²) in [6.45, 7) is 95.1. The third-order valence-electron chi connectivity index (χ3n) is 1.70. The summed E-state index contributed by atoms with van der Waals surface area (Å²) in [5.41, 5.74) is 0. The summed E-state index contributed by atoms with van der Waals surface area (Å²) >= 11 is 0. The Labute approximate surface area is 629 Å². The molecule has 0 aromatic rings. The number of unbranched alkanes of at least 4 members (excludes halogenated alkanes) is 1. The molecule has 0 nitrogen and oxygen atoms in total. The van der Waals surface area contributed by atoms with E-state index in [0.717, 1.165) is 51.4 Å². The molecule has 61 heavy (non-hydrogen) atoms. The van der Waals surface area contributed by atoms with Gasteiger partial charge in [-0.2, -0.15) is 38.5 Å². The first kappa shape index (κ1) is 181. The van der Waals surface area contributed by atoms with Crippen LogP contribution < -0.4 is 0 Å². The van der Waals surface area contributed by atoms with E-state index in [1.165, 1.54) is 30.4 Å². The van der Waals surface area contributed by atoms with E-state index in [2.05, 4.69) is 82.4 Å². The Balaban J connectivity index is -0.00000000811. The van der Waals surface area contributed by atoms with E-state index in [0.29, 0.717) is 0 Å². The van der Waals surface area contributed by atoms with E-state index in [1.807, 2.05) is 129 Å². The molecule has 0 bridgehead atoms. The van der Waals surface area contributed by atoms with Gasteiger partial charge in [-0.05, 0) is 0 Å². The molecule has 0 saturated heterocycles. The predicted molar refractivity (Wildman–Crippen MR) is 259 cm³/mol. The first-order valence-electron chi connectivity index (χ1n) is 18.7. The molecule has 0 heterocycles. The molecule has 0 saturated carbocycles. The zero-order valence-corrected chi connectivity index (χ0v) is 73.0. The van der Waals surface area contributed by atoms with E-state index < -0.39 is 0 Å². The van der Waals surface area contributed by atoms with Gasteiger partial charge < -0.3 is 140 Å². The second-order valence-electron chi connectivity index (χ2n) is 4.73. The third kappa shape index (κ3) is 930. The molecular weight excluding hydrogens is 1690 g/mol. The van der Waals surface area contributed by atoms with Crippen molar-refractivity contribution in [3.8, 4) is 0 Å². The maximum Gasteiger partial charge on any atom is 2.00 e. The van der Waals surface area contributed by atoms with Crippen LogP contribution in [0, 0.1) is 116 Å². The Morgan fingerprint density at radius 1 is 0.328 bits per heavy atom. The van der Waals surface area contributed by atoms with Crippen LogP contribution in [-0.2, 0) is 304 Å². The van der Waals surface area contributed by atoms with Gasteiger partial charge in [0.2, 0.25) is 0 Å². The van der Waals surface area contributed by atoms with Gasteiger partial charge in [-0.25, -0.2) is 19.4 Å². The van der Waals surface area contributed by atoms with Crippen molar-refractivity contribution >= 4 is 0 Å². The summed E-state index contributed by atoms with van der Waals surface area (Å²) in [7, 11) is 0. The van der Waals surface area contributed by atoms with Crippen molar-refractivity contribution in [1.82, 2.24) is 0 Å². The monoisotopic (exact) mass is 1790 g/mol. The van der Waals surface area contributed by atoms with Crippen molar-refractivity contribution in [1.29, 1.82) is 0 Å². The summed E-state index contributed by atoms with van der Waals surface area (Å²) in [5, 5.41) is 0. The molecule has 0 aliphatic rings. The van der Waals surface area contributed by atoms with Gasteiger partial charge in [-0.1, -0.05) is 117 Å². The van der Waals surface area contributed by atoms with Crippen molar-refractivity contribution in [3.63, 3.8) is 0 Å². The summed E-state index contributed by atoms with van der Waals surface area (Å²) in [5.74, 6) is 0. The van der Waals surface area contributed by atoms with Gasteiger partial charge in [0, 0.05) is 283 Å². The fourth-order valence-electron chi connectivity index (χ4n) is 0.471. The molecule has 0 aliphatic carbocycles. The normalized spacial score (nSPS) is 4.84. The zero-order valence-electron chi connectivity index (χ0n) is 44.4. The Kier molecular flexibility index (Phi) is 1350. The molecule has 0 aliphatic heterocycles. The predicted octanol–water partition coefficient (Wildman–Crippen LogP) is 19.0. The van der Waals surface area contributed by atoms with Crippen molar-refractivity contribution in [2.75, 3.05) is 0 Å². The second kappa shape index (κ2) is 455. The molecule has 0 amide bonds. The van der Waals surface area contributed by atoms with Crippen molar-refractivity contribution < 1.29 is 304 Å². The minimum absolute atomic E-state index is 0. The van der Waals surface area contributed by atoms with Gasteiger partial charge in [0.25, 0.3) is 0 Å². The van der Waals surface area contributed by atoms with Crippen molar-refractivity contribution in [2.24, 2.45) is 0 Å². The molecule has 0 aromatic carbocycles. The Morgan fingerprint density at radius 3 is 0.475 bits per heavy atom. The Hall–Kier alpha value is 7.74. The van der Waals surface area contributed by atoms with Crippen molar-refractivity contribution in [3.05, 3.63) is 177 Å². The van der Waals surface area contributed by atoms with Gasteiger partial charge in [0.1, 0.15) is 0 Å². The second-order valence-corrected chi connectivity index (χ2v) is 4.73. The zero-order chi connectivity index (χ0) is 44.7. The molecule has 0 unspecified atom stereocenters. The van der Waals surface area contributed by atoms with Crippen molar-refractivity contribution in [2.45, 2.75) is 162 Å². The fourth-order valence-corrected chi connectivity index (χ4v) is 0.471. The summed E-state index contributed by atoms with van der Waals surface area (Å²) < 4.78 is 0. The topological polar surface area (TPSA) is 0 Å².